The van der Waals surface area contributed by atoms with E-state index in [4.69, 9.17) is 14.6 Å². The third-order valence-electron chi connectivity index (χ3n) is 9.84. The maximum atomic E-state index is 14.3. The first kappa shape index (κ1) is 40.2. The zero-order valence-corrected chi connectivity index (χ0v) is 33.2. The largest absolute Gasteiger partial charge is 0.460 e. The van der Waals surface area contributed by atoms with Gasteiger partial charge in [-0.1, -0.05) is 18.2 Å². The van der Waals surface area contributed by atoms with E-state index in [0.717, 1.165) is 56.4 Å². The monoisotopic (exact) mass is 768 g/mol. The van der Waals surface area contributed by atoms with Crippen LogP contribution in [-0.2, 0) is 27.2 Å². The summed E-state index contributed by atoms with van der Waals surface area (Å²) in [6, 6.07) is 16.7. The summed E-state index contributed by atoms with van der Waals surface area (Å²) in [5.74, 6) is -1.74. The number of hydrogen-bond acceptors (Lipinski definition) is 8. The van der Waals surface area contributed by atoms with Crippen molar-refractivity contribution in [3.63, 3.8) is 0 Å². The first-order chi connectivity index (χ1) is 26.5. The van der Waals surface area contributed by atoms with Gasteiger partial charge in [-0.05, 0) is 128 Å². The Kier molecular flexibility index (Phi) is 12.0. The highest BCUT2D eigenvalue weighted by Gasteiger charge is 2.29. The lowest BCUT2D eigenvalue weighted by atomic mass is 9.97. The van der Waals surface area contributed by atoms with Gasteiger partial charge in [0.1, 0.15) is 17.0 Å². The third kappa shape index (κ3) is 10.2. The number of fused-ring (bicyclic) bond motifs is 1. The highest BCUT2D eigenvalue weighted by atomic mass is 19.1. The maximum absolute atomic E-state index is 14.3. The number of hydrogen-bond donors (Lipinski definition) is 2. The predicted octanol–water partition coefficient (Wildman–Crippen LogP) is 8.20. The number of piperidine rings is 2. The van der Waals surface area contributed by atoms with Crippen LogP contribution >= 0.6 is 0 Å². The number of benzene rings is 3. The maximum Gasteiger partial charge on any atom is 0.410 e. The Balaban J connectivity index is 1.22. The number of nitrogens with zero attached hydrogens (tertiary/aromatic N) is 4. The summed E-state index contributed by atoms with van der Waals surface area (Å²) in [7, 11) is 0. The first-order valence-corrected chi connectivity index (χ1v) is 19.5. The van der Waals surface area contributed by atoms with Gasteiger partial charge >= 0.3 is 12.1 Å². The Bertz CT molecular complexity index is 2090. The molecule has 2 aliphatic rings. The van der Waals surface area contributed by atoms with Crippen LogP contribution in [0.4, 0.5) is 26.2 Å². The molecule has 0 atom stereocenters. The summed E-state index contributed by atoms with van der Waals surface area (Å²) >= 11 is 0. The molecule has 0 radical (unpaired) electrons. The molecule has 0 spiro atoms. The van der Waals surface area contributed by atoms with E-state index in [0.29, 0.717) is 30.7 Å². The van der Waals surface area contributed by atoms with Gasteiger partial charge < -0.3 is 29.9 Å². The van der Waals surface area contributed by atoms with Crippen LogP contribution in [0.15, 0.2) is 60.7 Å². The summed E-state index contributed by atoms with van der Waals surface area (Å²) in [4.78, 5) is 57.2. The lowest BCUT2D eigenvalue weighted by Gasteiger charge is -2.33. The molecule has 13 heteroatoms. The average Bonchev–Trinajstić information content (AvgIpc) is 3.50. The Morgan fingerprint density at radius 1 is 0.786 bits per heavy atom. The molecule has 0 aliphatic carbocycles. The van der Waals surface area contributed by atoms with Crippen LogP contribution in [-0.4, -0.2) is 75.9 Å². The molecule has 12 nitrogen and oxygen atoms in total. The van der Waals surface area contributed by atoms with Crippen molar-refractivity contribution in [1.29, 1.82) is 0 Å². The van der Waals surface area contributed by atoms with Crippen LogP contribution < -0.4 is 15.5 Å². The molecular formula is C43H53FN6O6. The lowest BCUT2D eigenvalue weighted by molar-refractivity contribution is -0.153. The smallest absolute Gasteiger partial charge is 0.410 e. The van der Waals surface area contributed by atoms with Gasteiger partial charge in [0, 0.05) is 49.4 Å². The van der Waals surface area contributed by atoms with Gasteiger partial charge in [-0.2, -0.15) is 5.10 Å². The van der Waals surface area contributed by atoms with Crippen molar-refractivity contribution in [3.05, 3.63) is 83.3 Å². The molecule has 298 valence electrons. The summed E-state index contributed by atoms with van der Waals surface area (Å²) < 4.78 is 27.2. The number of carbonyl (C=O) groups excluding carboxylic acids is 4. The predicted molar refractivity (Wildman–Crippen MR) is 215 cm³/mol. The highest BCUT2D eigenvalue weighted by molar-refractivity contribution is 6.13. The van der Waals surface area contributed by atoms with Crippen LogP contribution in [0.3, 0.4) is 0 Å². The van der Waals surface area contributed by atoms with E-state index in [1.165, 1.54) is 18.2 Å². The number of para-hydroxylation sites is 1. The molecule has 1 aromatic heterocycles. The number of ether oxygens (including phenoxy) is 2. The van der Waals surface area contributed by atoms with Crippen molar-refractivity contribution in [1.82, 2.24) is 14.7 Å². The number of amides is 3. The number of aromatic nitrogens is 2. The molecular weight excluding hydrogens is 716 g/mol. The standard InChI is InChI=1S/C43H53FN6O6/c1-42(2,3)55-37(51)26-30-24-31(44)15-16-33(30)45-39(52)29-14-17-36(48-20-10-7-11-21-48)34(25-29)46-40(53)38-32-12-8-9-13-35(32)50(47-38)27-28-18-22-49(23-19-28)41(54)56-43(4,5)6/h8-9,12-17,24-25,28H,7,10-11,18-23,26-27H2,1-6H3,(H,45,52)(H,46,53). The minimum Gasteiger partial charge on any atom is -0.460 e. The molecule has 56 heavy (non-hydrogen) atoms. The van der Waals surface area contributed by atoms with Crippen LogP contribution in [0.25, 0.3) is 10.9 Å². The summed E-state index contributed by atoms with van der Waals surface area (Å²) in [6.45, 7) is 14.2. The average molecular weight is 769 g/mol. The van der Waals surface area contributed by atoms with Crippen molar-refractivity contribution in [2.24, 2.45) is 5.92 Å². The molecule has 3 amide bonds. The number of carbonyl (C=O) groups is 4. The van der Waals surface area contributed by atoms with E-state index in [2.05, 4.69) is 15.5 Å². The fourth-order valence-corrected chi connectivity index (χ4v) is 7.23. The van der Waals surface area contributed by atoms with Crippen LogP contribution in [0.5, 0.6) is 0 Å². The molecule has 6 rings (SSSR count). The van der Waals surface area contributed by atoms with E-state index in [9.17, 15) is 23.6 Å². The van der Waals surface area contributed by atoms with Gasteiger partial charge in [0.25, 0.3) is 11.8 Å². The van der Waals surface area contributed by atoms with Gasteiger partial charge in [-0.15, -0.1) is 0 Å². The van der Waals surface area contributed by atoms with Gasteiger partial charge in [0.05, 0.1) is 23.3 Å². The minimum absolute atomic E-state index is 0.230. The van der Waals surface area contributed by atoms with E-state index in [1.54, 1.807) is 37.8 Å². The van der Waals surface area contributed by atoms with Crippen molar-refractivity contribution in [3.8, 4) is 0 Å². The number of anilines is 3. The van der Waals surface area contributed by atoms with Crippen molar-refractivity contribution < 1.29 is 33.0 Å². The van der Waals surface area contributed by atoms with E-state index < -0.39 is 34.8 Å². The molecule has 0 saturated carbocycles. The normalized spacial score (nSPS) is 15.4. The lowest BCUT2D eigenvalue weighted by Crippen LogP contribution is -2.42. The third-order valence-corrected chi connectivity index (χ3v) is 9.84. The molecule has 3 aromatic carbocycles. The number of nitrogens with one attached hydrogen (secondary N) is 2. The quantitative estimate of drug-likeness (QED) is 0.163. The molecule has 3 heterocycles. The Morgan fingerprint density at radius 2 is 1.46 bits per heavy atom. The zero-order chi connectivity index (χ0) is 40.2. The highest BCUT2D eigenvalue weighted by Crippen LogP contribution is 2.32. The molecule has 4 aromatic rings. The fourth-order valence-electron chi connectivity index (χ4n) is 7.23. The van der Waals surface area contributed by atoms with Crippen molar-refractivity contribution >= 4 is 51.8 Å². The summed E-state index contributed by atoms with van der Waals surface area (Å²) in [6.07, 6.45) is 4.16. The van der Waals surface area contributed by atoms with Crippen LogP contribution in [0, 0.1) is 11.7 Å². The topological polar surface area (TPSA) is 135 Å². The minimum atomic E-state index is -0.725. The van der Waals surface area contributed by atoms with Gasteiger partial charge in [0.2, 0.25) is 0 Å². The second kappa shape index (κ2) is 16.7. The van der Waals surface area contributed by atoms with Gasteiger partial charge in [-0.25, -0.2) is 9.18 Å². The van der Waals surface area contributed by atoms with E-state index in [-0.39, 0.29) is 40.9 Å². The molecule has 2 saturated heterocycles. The number of likely N-dealkylation sites (tertiary alicyclic amines) is 1. The van der Waals surface area contributed by atoms with E-state index in [1.807, 2.05) is 55.8 Å². The number of halogens is 1. The van der Waals surface area contributed by atoms with Gasteiger partial charge in [0.15, 0.2) is 5.69 Å². The summed E-state index contributed by atoms with van der Waals surface area (Å²) in [5, 5.41) is 11.5. The van der Waals surface area contributed by atoms with Gasteiger partial charge in [-0.3, -0.25) is 19.1 Å². The van der Waals surface area contributed by atoms with Crippen molar-refractivity contribution in [2.75, 3.05) is 41.7 Å². The van der Waals surface area contributed by atoms with Crippen LogP contribution in [0.1, 0.15) is 100 Å². The molecule has 0 bridgehead atoms. The molecule has 2 fully saturated rings. The van der Waals surface area contributed by atoms with Crippen LogP contribution in [0.2, 0.25) is 0 Å². The molecule has 2 N–H and O–H groups in total. The SMILES string of the molecule is CC(C)(C)OC(=O)Cc1cc(F)ccc1NC(=O)c1ccc(N2CCCCC2)c(NC(=O)c2nn(CC3CCN(C(=O)OC(C)(C)C)CC3)c3ccccc23)c1. The Hall–Kier alpha value is -5.46. The number of rotatable bonds is 9. The van der Waals surface area contributed by atoms with Crippen molar-refractivity contribution in [2.45, 2.75) is 97.8 Å². The fraction of sp³-hybridized carbons (Fsp3) is 0.465. The molecule has 2 aliphatic heterocycles. The first-order valence-electron chi connectivity index (χ1n) is 19.5. The molecule has 0 unspecified atom stereocenters. The number of esters is 1. The Labute approximate surface area is 327 Å². The van der Waals surface area contributed by atoms with E-state index >= 15 is 0 Å². The Morgan fingerprint density at radius 3 is 2.16 bits per heavy atom. The summed E-state index contributed by atoms with van der Waals surface area (Å²) in [5.41, 5.74) is 1.90. The second-order valence-electron chi connectivity index (χ2n) is 16.7. The second-order valence-corrected chi connectivity index (χ2v) is 16.7. The zero-order valence-electron chi connectivity index (χ0n) is 33.2.